The Bertz CT molecular complexity index is 541. The predicted molar refractivity (Wildman–Crippen MR) is 61.6 cm³/mol. The average molecular weight is 275 g/mol. The van der Waals surface area contributed by atoms with Crippen LogP contribution in [-0.4, -0.2) is 23.6 Å². The van der Waals surface area contributed by atoms with E-state index in [0.717, 1.165) is 0 Å². The molecule has 0 aliphatic rings. The number of anilines is 1. The second kappa shape index (κ2) is 4.81. The maximum Gasteiger partial charge on any atom is 0.573 e. The van der Waals surface area contributed by atoms with Gasteiger partial charge in [-0.3, -0.25) is 0 Å². The Morgan fingerprint density at radius 3 is 2.67 bits per heavy atom. The third-order valence-electron chi connectivity index (χ3n) is 1.95. The molecule has 18 heavy (non-hydrogen) atoms. The summed E-state index contributed by atoms with van der Waals surface area (Å²) >= 11 is 1.24. The van der Waals surface area contributed by atoms with Crippen LogP contribution in [0.1, 0.15) is 0 Å². The number of rotatable bonds is 3. The number of hydrogen-bond acceptors (Lipinski definition) is 5. The van der Waals surface area contributed by atoms with Gasteiger partial charge in [-0.05, 0) is 12.1 Å². The van der Waals surface area contributed by atoms with E-state index in [1.165, 1.54) is 29.5 Å². The van der Waals surface area contributed by atoms with Gasteiger partial charge in [-0.15, -0.1) is 23.4 Å². The van der Waals surface area contributed by atoms with Gasteiger partial charge in [-0.2, -0.15) is 0 Å². The largest absolute Gasteiger partial charge is 0.573 e. The molecule has 0 aliphatic carbocycles. The summed E-state index contributed by atoms with van der Waals surface area (Å²) in [4.78, 5) is 0. The summed E-state index contributed by atoms with van der Waals surface area (Å²) in [6.07, 6.45) is -4.70. The molecule has 2 rings (SSSR count). The van der Waals surface area contributed by atoms with Crippen LogP contribution in [0.4, 0.5) is 18.3 Å². The minimum absolute atomic E-state index is 0.277. The summed E-state index contributed by atoms with van der Waals surface area (Å²) in [7, 11) is 1.69. The molecule has 0 radical (unpaired) electrons. The van der Waals surface area contributed by atoms with E-state index in [1.807, 2.05) is 0 Å². The number of hydrogen-bond donors (Lipinski definition) is 1. The van der Waals surface area contributed by atoms with Gasteiger partial charge in [0.1, 0.15) is 10.8 Å². The maximum absolute atomic E-state index is 12.1. The number of alkyl halides is 3. The molecule has 0 spiro atoms. The zero-order valence-corrected chi connectivity index (χ0v) is 9.97. The van der Waals surface area contributed by atoms with Crippen molar-refractivity contribution in [2.75, 3.05) is 12.4 Å². The smallest absolute Gasteiger partial charge is 0.406 e. The molecule has 8 heteroatoms. The lowest BCUT2D eigenvalue weighted by atomic mass is 10.2. The van der Waals surface area contributed by atoms with E-state index in [4.69, 9.17) is 0 Å². The second-order valence-electron chi connectivity index (χ2n) is 3.24. The summed E-state index contributed by atoms with van der Waals surface area (Å²) in [5, 5.41) is 11.6. The monoisotopic (exact) mass is 275 g/mol. The molecule has 96 valence electrons. The first-order valence-electron chi connectivity index (χ1n) is 4.85. The summed E-state index contributed by atoms with van der Waals surface area (Å²) in [5.74, 6) is -0.277. The van der Waals surface area contributed by atoms with E-state index in [9.17, 15) is 13.2 Å². The molecule has 4 nitrogen and oxygen atoms in total. The molecule has 0 saturated heterocycles. The predicted octanol–water partition coefficient (Wildman–Crippen LogP) is 3.15. The molecule has 0 saturated carbocycles. The summed E-state index contributed by atoms with van der Waals surface area (Å²) in [6.45, 7) is 0. The fourth-order valence-electron chi connectivity index (χ4n) is 1.27. The fraction of sp³-hybridized carbons (Fsp3) is 0.200. The Hall–Kier alpha value is -1.83. The van der Waals surface area contributed by atoms with Gasteiger partial charge in [0.05, 0.1) is 0 Å². The van der Waals surface area contributed by atoms with Crippen LogP contribution in [-0.2, 0) is 0 Å². The summed E-state index contributed by atoms with van der Waals surface area (Å²) in [6, 6.07) is 5.62. The minimum atomic E-state index is -4.70. The SMILES string of the molecule is CNc1nnc(-c2cccc(OC(F)(F)F)c2)s1. The first-order chi connectivity index (χ1) is 8.48. The van der Waals surface area contributed by atoms with E-state index in [2.05, 4.69) is 20.3 Å². The highest BCUT2D eigenvalue weighted by Gasteiger charge is 2.31. The molecular formula is C10H8F3N3OS. The Labute approximate surface area is 104 Å². The van der Waals surface area contributed by atoms with Crippen molar-refractivity contribution in [2.24, 2.45) is 0 Å². The third-order valence-corrected chi connectivity index (χ3v) is 2.94. The molecule has 0 unspecified atom stereocenters. The lowest BCUT2D eigenvalue weighted by Gasteiger charge is -2.08. The van der Waals surface area contributed by atoms with Gasteiger partial charge < -0.3 is 10.1 Å². The Kier molecular flexibility index (Phi) is 3.37. The van der Waals surface area contributed by atoms with Crippen molar-refractivity contribution in [1.29, 1.82) is 0 Å². The van der Waals surface area contributed by atoms with Crippen molar-refractivity contribution < 1.29 is 17.9 Å². The van der Waals surface area contributed by atoms with E-state index in [0.29, 0.717) is 15.7 Å². The minimum Gasteiger partial charge on any atom is -0.406 e. The van der Waals surface area contributed by atoms with Gasteiger partial charge in [-0.25, -0.2) is 0 Å². The van der Waals surface area contributed by atoms with Crippen LogP contribution in [0.15, 0.2) is 24.3 Å². The standard InChI is InChI=1S/C10H8F3N3OS/c1-14-9-16-15-8(18-9)6-3-2-4-7(5-6)17-10(11,12)13/h2-5H,1H3,(H,14,16). The van der Waals surface area contributed by atoms with Crippen LogP contribution >= 0.6 is 11.3 Å². The first-order valence-corrected chi connectivity index (χ1v) is 5.67. The molecule has 0 fully saturated rings. The normalized spacial score (nSPS) is 11.3. The molecule has 1 N–H and O–H groups in total. The van der Waals surface area contributed by atoms with Gasteiger partial charge in [0, 0.05) is 12.6 Å². The third kappa shape index (κ3) is 3.10. The molecule has 1 aromatic heterocycles. The van der Waals surface area contributed by atoms with Gasteiger partial charge in [0.15, 0.2) is 0 Å². The van der Waals surface area contributed by atoms with Crippen molar-refractivity contribution in [3.05, 3.63) is 24.3 Å². The molecule has 0 aliphatic heterocycles. The van der Waals surface area contributed by atoms with Gasteiger partial charge in [0.2, 0.25) is 5.13 Å². The van der Waals surface area contributed by atoms with Gasteiger partial charge in [0.25, 0.3) is 0 Å². The highest BCUT2D eigenvalue weighted by Crippen LogP contribution is 2.30. The van der Waals surface area contributed by atoms with Crippen molar-refractivity contribution in [1.82, 2.24) is 10.2 Å². The Morgan fingerprint density at radius 2 is 2.06 bits per heavy atom. The van der Waals surface area contributed by atoms with E-state index >= 15 is 0 Å². The molecule has 0 atom stereocenters. The number of nitrogens with one attached hydrogen (secondary N) is 1. The lowest BCUT2D eigenvalue weighted by molar-refractivity contribution is -0.274. The molecule has 1 heterocycles. The van der Waals surface area contributed by atoms with Gasteiger partial charge in [-0.1, -0.05) is 23.5 Å². The lowest BCUT2D eigenvalue weighted by Crippen LogP contribution is -2.17. The van der Waals surface area contributed by atoms with Crippen LogP contribution in [0.5, 0.6) is 5.75 Å². The van der Waals surface area contributed by atoms with E-state index in [-0.39, 0.29) is 5.75 Å². The number of ether oxygens (including phenoxy) is 1. The Balaban J connectivity index is 2.26. The van der Waals surface area contributed by atoms with Crippen molar-refractivity contribution in [3.63, 3.8) is 0 Å². The molecule has 0 bridgehead atoms. The van der Waals surface area contributed by atoms with Crippen LogP contribution in [0.25, 0.3) is 10.6 Å². The summed E-state index contributed by atoms with van der Waals surface area (Å²) < 4.78 is 40.1. The topological polar surface area (TPSA) is 47.0 Å². The Morgan fingerprint density at radius 1 is 1.28 bits per heavy atom. The summed E-state index contributed by atoms with van der Waals surface area (Å²) in [5.41, 5.74) is 0.524. The molecular weight excluding hydrogens is 267 g/mol. The number of halogens is 3. The number of benzene rings is 1. The van der Waals surface area contributed by atoms with Crippen LogP contribution in [0.2, 0.25) is 0 Å². The van der Waals surface area contributed by atoms with Crippen molar-refractivity contribution in [3.8, 4) is 16.3 Å². The first kappa shape index (κ1) is 12.6. The van der Waals surface area contributed by atoms with Crippen LogP contribution in [0, 0.1) is 0 Å². The molecule has 1 aromatic carbocycles. The van der Waals surface area contributed by atoms with Crippen LogP contribution in [0.3, 0.4) is 0 Å². The van der Waals surface area contributed by atoms with E-state index < -0.39 is 6.36 Å². The van der Waals surface area contributed by atoms with E-state index in [1.54, 1.807) is 13.1 Å². The highest BCUT2D eigenvalue weighted by molar-refractivity contribution is 7.18. The fourth-order valence-corrected chi connectivity index (χ4v) is 1.96. The number of aromatic nitrogens is 2. The highest BCUT2D eigenvalue weighted by atomic mass is 32.1. The van der Waals surface area contributed by atoms with Crippen molar-refractivity contribution >= 4 is 16.5 Å². The zero-order valence-electron chi connectivity index (χ0n) is 9.15. The zero-order chi connectivity index (χ0) is 13.2. The maximum atomic E-state index is 12.1. The van der Waals surface area contributed by atoms with Gasteiger partial charge >= 0.3 is 6.36 Å². The molecule has 0 amide bonds. The average Bonchev–Trinajstić information content (AvgIpc) is 2.75. The quantitative estimate of drug-likeness (QED) is 0.934. The second-order valence-corrected chi connectivity index (χ2v) is 4.22. The molecule has 2 aromatic rings. The van der Waals surface area contributed by atoms with Crippen LogP contribution < -0.4 is 10.1 Å². The van der Waals surface area contributed by atoms with Crippen molar-refractivity contribution in [2.45, 2.75) is 6.36 Å². The number of nitrogens with zero attached hydrogens (tertiary/aromatic N) is 2.